The lowest BCUT2D eigenvalue weighted by molar-refractivity contribution is 0.0779. The van der Waals surface area contributed by atoms with Crippen molar-refractivity contribution in [2.75, 3.05) is 32.8 Å². The molecule has 0 radical (unpaired) electrons. The Morgan fingerprint density at radius 3 is 2.88 bits per heavy atom. The Kier molecular flexibility index (Phi) is 6.78. The van der Waals surface area contributed by atoms with Crippen molar-refractivity contribution >= 4 is 0 Å². The molecule has 100 valence electrons. The Balaban J connectivity index is 2.16. The monoisotopic (exact) mass is 240 g/mol. The topological polar surface area (TPSA) is 24.5 Å². The number of hydrogen-bond acceptors (Lipinski definition) is 3. The maximum atomic E-state index is 5.56. The molecule has 0 aromatic rings. The summed E-state index contributed by atoms with van der Waals surface area (Å²) in [5, 5.41) is 3.55. The second kappa shape index (κ2) is 7.85. The van der Waals surface area contributed by atoms with Gasteiger partial charge < -0.3 is 10.1 Å². The highest BCUT2D eigenvalue weighted by molar-refractivity contribution is 4.87. The summed E-state index contributed by atoms with van der Waals surface area (Å²) in [5.41, 5.74) is 1.10. The molecule has 0 bridgehead atoms. The quantitative estimate of drug-likeness (QED) is 0.544. The summed E-state index contributed by atoms with van der Waals surface area (Å²) < 4.78 is 5.56. The molecule has 0 saturated carbocycles. The molecule has 0 aromatic carbocycles. The predicted molar refractivity (Wildman–Crippen MR) is 73.4 cm³/mol. The average Bonchev–Trinajstić information content (AvgIpc) is 2.27. The summed E-state index contributed by atoms with van der Waals surface area (Å²) in [6.07, 6.45) is 2.52. The van der Waals surface area contributed by atoms with Gasteiger partial charge in [-0.25, -0.2) is 0 Å². The van der Waals surface area contributed by atoms with E-state index in [1.54, 1.807) is 0 Å². The zero-order valence-electron chi connectivity index (χ0n) is 11.7. The number of rotatable bonds is 7. The normalized spacial score (nSPS) is 26.1. The molecule has 1 rings (SSSR count). The second-order valence-corrected chi connectivity index (χ2v) is 5.17. The van der Waals surface area contributed by atoms with E-state index in [1.165, 1.54) is 19.4 Å². The number of ether oxygens (including phenoxy) is 1. The van der Waals surface area contributed by atoms with Crippen LogP contribution >= 0.6 is 0 Å². The Morgan fingerprint density at radius 1 is 1.53 bits per heavy atom. The van der Waals surface area contributed by atoms with E-state index in [4.69, 9.17) is 4.74 Å². The molecule has 1 heterocycles. The van der Waals surface area contributed by atoms with Crippen molar-refractivity contribution in [1.82, 2.24) is 10.2 Å². The fraction of sp³-hybridized carbons (Fsp3) is 0.857. The summed E-state index contributed by atoms with van der Waals surface area (Å²) >= 11 is 0. The van der Waals surface area contributed by atoms with Gasteiger partial charge in [-0.2, -0.15) is 0 Å². The molecule has 2 atom stereocenters. The van der Waals surface area contributed by atoms with Crippen molar-refractivity contribution in [2.45, 2.75) is 45.7 Å². The van der Waals surface area contributed by atoms with Gasteiger partial charge in [-0.15, -0.1) is 0 Å². The highest BCUT2D eigenvalue weighted by atomic mass is 16.5. The van der Waals surface area contributed by atoms with E-state index in [9.17, 15) is 0 Å². The van der Waals surface area contributed by atoms with Crippen molar-refractivity contribution in [3.05, 3.63) is 12.2 Å². The molecule has 1 fully saturated rings. The minimum absolute atomic E-state index is 0.668. The van der Waals surface area contributed by atoms with E-state index < -0.39 is 0 Å². The smallest absolute Gasteiger partial charge is 0.0672 e. The van der Waals surface area contributed by atoms with Gasteiger partial charge >= 0.3 is 0 Å². The first-order valence-electron chi connectivity index (χ1n) is 6.83. The second-order valence-electron chi connectivity index (χ2n) is 5.17. The van der Waals surface area contributed by atoms with Crippen LogP contribution in [0.3, 0.4) is 0 Å². The summed E-state index contributed by atoms with van der Waals surface area (Å²) in [6, 6.07) is 1.38. The van der Waals surface area contributed by atoms with Gasteiger partial charge in [0, 0.05) is 18.6 Å². The Morgan fingerprint density at radius 2 is 2.29 bits per heavy atom. The predicted octanol–water partition coefficient (Wildman–Crippen LogP) is 2.04. The van der Waals surface area contributed by atoms with Gasteiger partial charge in [-0.05, 0) is 39.8 Å². The van der Waals surface area contributed by atoms with Gasteiger partial charge in [-0.1, -0.05) is 19.1 Å². The van der Waals surface area contributed by atoms with Gasteiger partial charge in [0.25, 0.3) is 0 Å². The molecule has 17 heavy (non-hydrogen) atoms. The van der Waals surface area contributed by atoms with Crippen molar-refractivity contribution in [2.24, 2.45) is 0 Å². The van der Waals surface area contributed by atoms with Crippen LogP contribution in [-0.4, -0.2) is 49.8 Å². The molecule has 1 saturated heterocycles. The zero-order valence-corrected chi connectivity index (χ0v) is 11.7. The van der Waals surface area contributed by atoms with Gasteiger partial charge in [0.15, 0.2) is 0 Å². The largest absolute Gasteiger partial charge is 0.376 e. The zero-order chi connectivity index (χ0) is 12.7. The standard InChI is InChI=1S/C14H28N2O/c1-5-15-14-6-7-16(13(4)10-14)8-9-17-11-12(2)3/h13-15H,2,5-11H2,1,3-4H3. The van der Waals surface area contributed by atoms with Gasteiger partial charge in [0.1, 0.15) is 0 Å². The van der Waals surface area contributed by atoms with Crippen LogP contribution in [0.2, 0.25) is 0 Å². The summed E-state index contributed by atoms with van der Waals surface area (Å²) in [7, 11) is 0. The number of nitrogens with zero attached hydrogens (tertiary/aromatic N) is 1. The maximum absolute atomic E-state index is 5.56. The van der Waals surface area contributed by atoms with E-state index in [-0.39, 0.29) is 0 Å². The minimum atomic E-state index is 0.668. The molecule has 0 aromatic heterocycles. The lowest BCUT2D eigenvalue weighted by atomic mass is 9.98. The third kappa shape index (κ3) is 5.66. The molecule has 1 aliphatic heterocycles. The van der Waals surface area contributed by atoms with Crippen LogP contribution in [-0.2, 0) is 4.74 Å². The van der Waals surface area contributed by atoms with Crippen LogP contribution in [0.1, 0.15) is 33.6 Å². The number of likely N-dealkylation sites (tertiary alicyclic amines) is 1. The number of hydrogen-bond donors (Lipinski definition) is 1. The fourth-order valence-electron chi connectivity index (χ4n) is 2.46. The molecule has 0 aliphatic carbocycles. The first kappa shape index (κ1) is 14.7. The summed E-state index contributed by atoms with van der Waals surface area (Å²) in [4.78, 5) is 2.53. The van der Waals surface area contributed by atoms with E-state index >= 15 is 0 Å². The molecule has 1 aliphatic rings. The van der Waals surface area contributed by atoms with Gasteiger partial charge in [0.05, 0.1) is 13.2 Å². The molecule has 3 heteroatoms. The summed E-state index contributed by atoms with van der Waals surface area (Å²) in [5.74, 6) is 0. The SMILES string of the molecule is C=C(C)COCCN1CCC(NCC)CC1C. The average molecular weight is 240 g/mol. The van der Waals surface area contributed by atoms with E-state index in [2.05, 4.69) is 30.6 Å². The molecule has 2 unspecified atom stereocenters. The molecular weight excluding hydrogens is 212 g/mol. The van der Waals surface area contributed by atoms with Crippen LogP contribution in [0, 0.1) is 0 Å². The maximum Gasteiger partial charge on any atom is 0.0672 e. The van der Waals surface area contributed by atoms with Crippen LogP contribution in [0.4, 0.5) is 0 Å². The molecular formula is C14H28N2O. The first-order chi connectivity index (χ1) is 8.13. The van der Waals surface area contributed by atoms with E-state index in [0.717, 1.165) is 25.3 Å². The third-order valence-corrected chi connectivity index (χ3v) is 3.38. The first-order valence-corrected chi connectivity index (χ1v) is 6.83. The molecule has 1 N–H and O–H groups in total. The van der Waals surface area contributed by atoms with E-state index in [0.29, 0.717) is 18.7 Å². The van der Waals surface area contributed by atoms with Gasteiger partial charge in [0.2, 0.25) is 0 Å². The lowest BCUT2D eigenvalue weighted by Gasteiger charge is -2.37. The van der Waals surface area contributed by atoms with Crippen molar-refractivity contribution in [3.8, 4) is 0 Å². The highest BCUT2D eigenvalue weighted by Crippen LogP contribution is 2.16. The van der Waals surface area contributed by atoms with Crippen LogP contribution in [0.25, 0.3) is 0 Å². The Bertz CT molecular complexity index is 230. The van der Waals surface area contributed by atoms with Crippen molar-refractivity contribution in [1.29, 1.82) is 0 Å². The number of nitrogens with one attached hydrogen (secondary N) is 1. The Labute approximate surface area is 106 Å². The van der Waals surface area contributed by atoms with Crippen LogP contribution < -0.4 is 5.32 Å². The van der Waals surface area contributed by atoms with Crippen molar-refractivity contribution < 1.29 is 4.74 Å². The lowest BCUT2D eigenvalue weighted by Crippen LogP contribution is -2.48. The van der Waals surface area contributed by atoms with Crippen molar-refractivity contribution in [3.63, 3.8) is 0 Å². The van der Waals surface area contributed by atoms with Crippen LogP contribution in [0.5, 0.6) is 0 Å². The molecule has 0 spiro atoms. The number of piperidine rings is 1. The fourth-order valence-corrected chi connectivity index (χ4v) is 2.46. The Hall–Kier alpha value is -0.380. The van der Waals surface area contributed by atoms with Gasteiger partial charge in [-0.3, -0.25) is 4.90 Å². The highest BCUT2D eigenvalue weighted by Gasteiger charge is 2.24. The van der Waals surface area contributed by atoms with E-state index in [1.807, 2.05) is 6.92 Å². The minimum Gasteiger partial charge on any atom is -0.376 e. The molecule has 0 amide bonds. The molecule has 3 nitrogen and oxygen atoms in total. The van der Waals surface area contributed by atoms with Crippen LogP contribution in [0.15, 0.2) is 12.2 Å². The third-order valence-electron chi connectivity index (χ3n) is 3.38. The summed E-state index contributed by atoms with van der Waals surface area (Å²) in [6.45, 7) is 15.2.